The van der Waals surface area contributed by atoms with E-state index in [-0.39, 0.29) is 5.91 Å². The lowest BCUT2D eigenvalue weighted by molar-refractivity contribution is -0.120. The molecule has 0 aliphatic carbocycles. The van der Waals surface area contributed by atoms with Crippen LogP contribution in [-0.4, -0.2) is 15.9 Å². The molecule has 1 N–H and O–H groups in total. The van der Waals surface area contributed by atoms with E-state index < -0.39 is 0 Å². The van der Waals surface area contributed by atoms with Crippen LogP contribution in [0.15, 0.2) is 48.8 Å². The minimum atomic E-state index is 0.00179. The second-order valence-corrected chi connectivity index (χ2v) is 6.74. The molecule has 5 heteroatoms. The average molecular weight is 337 g/mol. The molecule has 1 aromatic carbocycles. The predicted molar refractivity (Wildman–Crippen MR) is 96.8 cm³/mol. The Balaban J connectivity index is 1.67. The number of hydrogen-bond donors (Lipinski definition) is 1. The maximum absolute atomic E-state index is 12.2. The van der Waals surface area contributed by atoms with E-state index in [1.807, 2.05) is 31.2 Å². The summed E-state index contributed by atoms with van der Waals surface area (Å²) in [7, 11) is 0. The average Bonchev–Trinajstić information content (AvgIpc) is 2.95. The van der Waals surface area contributed by atoms with Gasteiger partial charge in [-0.1, -0.05) is 30.3 Å². The Morgan fingerprint density at radius 3 is 2.75 bits per heavy atom. The summed E-state index contributed by atoms with van der Waals surface area (Å²) >= 11 is 1.59. The molecule has 4 nitrogen and oxygen atoms in total. The molecule has 2 heterocycles. The van der Waals surface area contributed by atoms with E-state index in [1.165, 1.54) is 5.56 Å². The van der Waals surface area contributed by atoms with E-state index in [1.54, 1.807) is 23.7 Å². The summed E-state index contributed by atoms with van der Waals surface area (Å²) in [6.45, 7) is 4.53. The van der Waals surface area contributed by atoms with E-state index in [0.717, 1.165) is 26.7 Å². The smallest absolute Gasteiger partial charge is 0.225 e. The van der Waals surface area contributed by atoms with E-state index in [4.69, 9.17) is 0 Å². The highest BCUT2D eigenvalue weighted by atomic mass is 32.1. The van der Waals surface area contributed by atoms with Crippen LogP contribution in [-0.2, 0) is 17.8 Å². The highest BCUT2D eigenvalue weighted by molar-refractivity contribution is 7.15. The Hall–Kier alpha value is -2.53. The molecule has 122 valence electrons. The number of carbonyl (C=O) groups is 1. The van der Waals surface area contributed by atoms with Gasteiger partial charge in [0.15, 0.2) is 0 Å². The van der Waals surface area contributed by atoms with Crippen LogP contribution in [0, 0.1) is 13.8 Å². The van der Waals surface area contributed by atoms with Crippen molar-refractivity contribution in [2.45, 2.75) is 26.8 Å². The number of rotatable bonds is 5. The predicted octanol–water partition coefficient (Wildman–Crippen LogP) is 3.68. The van der Waals surface area contributed by atoms with Gasteiger partial charge in [0.05, 0.1) is 12.1 Å². The zero-order chi connectivity index (χ0) is 16.9. The van der Waals surface area contributed by atoms with Gasteiger partial charge in [0.2, 0.25) is 5.91 Å². The molecular weight excluding hydrogens is 318 g/mol. The second-order valence-electron chi connectivity index (χ2n) is 5.66. The molecule has 3 aromatic rings. The number of hydrogen-bond acceptors (Lipinski definition) is 4. The van der Waals surface area contributed by atoms with Crippen LogP contribution >= 0.6 is 11.3 Å². The molecule has 0 aliphatic heterocycles. The number of amides is 1. The third kappa shape index (κ3) is 3.86. The van der Waals surface area contributed by atoms with Crippen molar-refractivity contribution in [1.29, 1.82) is 0 Å². The second kappa shape index (κ2) is 7.36. The van der Waals surface area contributed by atoms with Crippen molar-refractivity contribution >= 4 is 17.2 Å². The molecule has 0 fully saturated rings. The summed E-state index contributed by atoms with van der Waals surface area (Å²) in [4.78, 5) is 21.9. The zero-order valence-corrected chi connectivity index (χ0v) is 14.6. The summed E-state index contributed by atoms with van der Waals surface area (Å²) in [6.07, 6.45) is 3.84. The first-order chi connectivity index (χ1) is 11.6. The Morgan fingerprint density at radius 1 is 1.17 bits per heavy atom. The molecule has 0 spiro atoms. The molecule has 0 unspecified atom stereocenters. The number of benzene rings is 1. The first kappa shape index (κ1) is 16.3. The number of pyridine rings is 1. The highest BCUT2D eigenvalue weighted by Crippen LogP contribution is 2.30. The van der Waals surface area contributed by atoms with Crippen LogP contribution in [0.25, 0.3) is 10.6 Å². The molecule has 24 heavy (non-hydrogen) atoms. The van der Waals surface area contributed by atoms with Crippen LogP contribution in [0.1, 0.15) is 21.7 Å². The van der Waals surface area contributed by atoms with Crippen LogP contribution in [0.3, 0.4) is 0 Å². The van der Waals surface area contributed by atoms with Gasteiger partial charge in [0.1, 0.15) is 5.01 Å². The largest absolute Gasteiger partial charge is 0.352 e. The van der Waals surface area contributed by atoms with Crippen LogP contribution < -0.4 is 5.32 Å². The summed E-state index contributed by atoms with van der Waals surface area (Å²) in [5, 5.41) is 3.91. The van der Waals surface area contributed by atoms with Gasteiger partial charge in [-0.3, -0.25) is 9.78 Å². The van der Waals surface area contributed by atoms with Crippen molar-refractivity contribution in [3.63, 3.8) is 0 Å². The number of nitrogens with zero attached hydrogens (tertiary/aromatic N) is 2. The van der Waals surface area contributed by atoms with Crippen molar-refractivity contribution < 1.29 is 4.79 Å². The lowest BCUT2D eigenvalue weighted by atomic mass is 10.1. The van der Waals surface area contributed by atoms with Gasteiger partial charge >= 0.3 is 0 Å². The Labute approximate surface area is 145 Å². The summed E-state index contributed by atoms with van der Waals surface area (Å²) < 4.78 is 0. The van der Waals surface area contributed by atoms with Crippen molar-refractivity contribution in [2.24, 2.45) is 0 Å². The number of nitrogens with one attached hydrogen (secondary N) is 1. The third-order valence-electron chi connectivity index (χ3n) is 3.80. The minimum absolute atomic E-state index is 0.00179. The monoisotopic (exact) mass is 337 g/mol. The molecular formula is C19H19N3OS. The molecule has 0 aliphatic rings. The highest BCUT2D eigenvalue weighted by Gasteiger charge is 2.14. The van der Waals surface area contributed by atoms with Crippen molar-refractivity contribution in [1.82, 2.24) is 15.3 Å². The molecule has 0 saturated heterocycles. The fraction of sp³-hybridized carbons (Fsp3) is 0.211. The Kier molecular flexibility index (Phi) is 5.01. The number of aryl methyl sites for hydroxylation is 2. The van der Waals surface area contributed by atoms with E-state index in [0.29, 0.717) is 13.0 Å². The molecule has 2 aromatic heterocycles. The van der Waals surface area contributed by atoms with Gasteiger partial charge < -0.3 is 5.32 Å². The van der Waals surface area contributed by atoms with Crippen molar-refractivity contribution in [3.05, 3.63) is 70.5 Å². The third-order valence-corrected chi connectivity index (χ3v) is 4.99. The molecule has 0 bridgehead atoms. The summed E-state index contributed by atoms with van der Waals surface area (Å²) in [5.74, 6) is 0.00179. The van der Waals surface area contributed by atoms with Crippen molar-refractivity contribution in [2.75, 3.05) is 0 Å². The molecule has 0 radical (unpaired) electrons. The fourth-order valence-corrected chi connectivity index (χ4v) is 3.58. The molecule has 1 amide bonds. The topological polar surface area (TPSA) is 54.9 Å². The van der Waals surface area contributed by atoms with E-state index >= 15 is 0 Å². The van der Waals surface area contributed by atoms with Gasteiger partial charge in [-0.15, -0.1) is 11.3 Å². The standard InChI is InChI=1S/C19H19N3OS/c1-13-6-3-4-8-16(13)19-22-14(2)17(24-19)10-18(23)21-12-15-7-5-9-20-11-15/h3-9,11H,10,12H2,1-2H3,(H,21,23). The van der Waals surface area contributed by atoms with Gasteiger partial charge in [-0.25, -0.2) is 4.98 Å². The van der Waals surface area contributed by atoms with Gasteiger partial charge in [-0.2, -0.15) is 0 Å². The van der Waals surface area contributed by atoms with Crippen LogP contribution in [0.5, 0.6) is 0 Å². The number of carbonyl (C=O) groups excluding carboxylic acids is 1. The first-order valence-corrected chi connectivity index (χ1v) is 8.63. The SMILES string of the molecule is Cc1ccccc1-c1nc(C)c(CC(=O)NCc2cccnc2)s1. The van der Waals surface area contributed by atoms with Gasteiger partial charge in [0.25, 0.3) is 0 Å². The van der Waals surface area contributed by atoms with Crippen LogP contribution in [0.2, 0.25) is 0 Å². The minimum Gasteiger partial charge on any atom is -0.352 e. The van der Waals surface area contributed by atoms with Crippen LogP contribution in [0.4, 0.5) is 0 Å². The van der Waals surface area contributed by atoms with Gasteiger partial charge in [0, 0.05) is 29.4 Å². The van der Waals surface area contributed by atoms with Crippen molar-refractivity contribution in [3.8, 4) is 10.6 Å². The Bertz CT molecular complexity index is 843. The fourth-order valence-electron chi connectivity index (χ4n) is 2.43. The summed E-state index contributed by atoms with van der Waals surface area (Å²) in [5.41, 5.74) is 4.24. The Morgan fingerprint density at radius 2 is 2.00 bits per heavy atom. The number of thiazole rings is 1. The van der Waals surface area contributed by atoms with Gasteiger partial charge in [-0.05, 0) is 31.0 Å². The molecule has 3 rings (SSSR count). The zero-order valence-electron chi connectivity index (χ0n) is 13.7. The number of aromatic nitrogens is 2. The van der Waals surface area contributed by atoms with E-state index in [2.05, 4.69) is 34.3 Å². The molecule has 0 atom stereocenters. The maximum Gasteiger partial charge on any atom is 0.225 e. The summed E-state index contributed by atoms with van der Waals surface area (Å²) in [6, 6.07) is 12.0. The first-order valence-electron chi connectivity index (χ1n) is 7.81. The maximum atomic E-state index is 12.2. The quantitative estimate of drug-likeness (QED) is 0.773. The lowest BCUT2D eigenvalue weighted by Crippen LogP contribution is -2.24. The lowest BCUT2D eigenvalue weighted by Gasteiger charge is -2.04. The van der Waals surface area contributed by atoms with E-state index in [9.17, 15) is 4.79 Å². The molecule has 0 saturated carbocycles. The normalized spacial score (nSPS) is 10.6.